The maximum atomic E-state index is 12.5. The van der Waals surface area contributed by atoms with E-state index in [0.717, 1.165) is 17.7 Å². The Morgan fingerprint density at radius 1 is 1.16 bits per heavy atom. The molecule has 0 saturated carbocycles. The molecule has 2 aromatic rings. The smallest absolute Gasteiger partial charge is 0.269 e. The van der Waals surface area contributed by atoms with Crippen LogP contribution in [0.3, 0.4) is 0 Å². The molecule has 2 heterocycles. The Hall–Kier alpha value is -3.02. The van der Waals surface area contributed by atoms with Crippen molar-refractivity contribution in [2.24, 2.45) is 0 Å². The molecule has 2 amide bonds. The van der Waals surface area contributed by atoms with Gasteiger partial charge < -0.3 is 19.7 Å². The van der Waals surface area contributed by atoms with Gasteiger partial charge in [0.25, 0.3) is 5.91 Å². The fraction of sp³-hybridized carbons (Fsp3) is 0.263. The second kappa shape index (κ2) is 6.12. The number of amides is 2. The lowest BCUT2D eigenvalue weighted by atomic mass is 10.1. The lowest BCUT2D eigenvalue weighted by Crippen LogP contribution is -2.40. The van der Waals surface area contributed by atoms with Crippen molar-refractivity contribution in [2.75, 3.05) is 23.4 Å². The van der Waals surface area contributed by atoms with Crippen LogP contribution in [0, 0.1) is 0 Å². The number of ether oxygens (including phenoxy) is 2. The highest BCUT2D eigenvalue weighted by Crippen LogP contribution is 2.33. The second-order valence-electron chi connectivity index (χ2n) is 6.12. The summed E-state index contributed by atoms with van der Waals surface area (Å²) in [4.78, 5) is 25.9. The van der Waals surface area contributed by atoms with E-state index in [0.29, 0.717) is 23.7 Å². The molecule has 0 saturated heterocycles. The van der Waals surface area contributed by atoms with E-state index in [1.165, 1.54) is 0 Å². The minimum absolute atomic E-state index is 0.00264. The Morgan fingerprint density at radius 2 is 1.96 bits per heavy atom. The Labute approximate surface area is 145 Å². The quantitative estimate of drug-likeness (QED) is 0.913. The molecule has 0 bridgehead atoms. The highest BCUT2D eigenvalue weighted by atomic mass is 16.6. The molecule has 0 radical (unpaired) electrons. The van der Waals surface area contributed by atoms with Crippen molar-refractivity contribution in [1.29, 1.82) is 0 Å². The topological polar surface area (TPSA) is 67.9 Å². The molecule has 6 heteroatoms. The van der Waals surface area contributed by atoms with Gasteiger partial charge in [-0.1, -0.05) is 18.2 Å². The van der Waals surface area contributed by atoms with Crippen LogP contribution >= 0.6 is 0 Å². The van der Waals surface area contributed by atoms with E-state index in [9.17, 15) is 9.59 Å². The first-order valence-corrected chi connectivity index (χ1v) is 8.22. The second-order valence-corrected chi connectivity index (χ2v) is 6.12. The van der Waals surface area contributed by atoms with Crippen molar-refractivity contribution in [3.63, 3.8) is 0 Å². The molecule has 4 rings (SSSR count). The third-order valence-corrected chi connectivity index (χ3v) is 4.43. The zero-order valence-electron chi connectivity index (χ0n) is 13.8. The fourth-order valence-electron chi connectivity index (χ4n) is 3.16. The zero-order valence-corrected chi connectivity index (χ0v) is 13.8. The first kappa shape index (κ1) is 15.5. The van der Waals surface area contributed by atoms with Crippen molar-refractivity contribution >= 4 is 23.2 Å². The van der Waals surface area contributed by atoms with Crippen LogP contribution in [-0.2, 0) is 16.0 Å². The third kappa shape index (κ3) is 2.91. The van der Waals surface area contributed by atoms with E-state index in [1.54, 1.807) is 24.0 Å². The minimum Gasteiger partial charge on any atom is -0.485 e. The Morgan fingerprint density at radius 3 is 2.76 bits per heavy atom. The number of benzene rings is 2. The van der Waals surface area contributed by atoms with E-state index in [1.807, 2.05) is 30.3 Å². The highest BCUT2D eigenvalue weighted by Gasteiger charge is 2.28. The molecular weight excluding hydrogens is 320 g/mol. The Kier molecular flexibility index (Phi) is 3.80. The van der Waals surface area contributed by atoms with Gasteiger partial charge >= 0.3 is 0 Å². The summed E-state index contributed by atoms with van der Waals surface area (Å²) in [5.41, 5.74) is 2.61. The van der Waals surface area contributed by atoms with Crippen molar-refractivity contribution in [1.82, 2.24) is 0 Å². The van der Waals surface area contributed by atoms with Gasteiger partial charge in [-0.2, -0.15) is 0 Å². The van der Waals surface area contributed by atoms with E-state index in [2.05, 4.69) is 5.32 Å². The largest absolute Gasteiger partial charge is 0.485 e. The summed E-state index contributed by atoms with van der Waals surface area (Å²) < 4.78 is 11.3. The predicted molar refractivity (Wildman–Crippen MR) is 93.2 cm³/mol. The van der Waals surface area contributed by atoms with Crippen LogP contribution in [0.5, 0.6) is 11.5 Å². The molecule has 25 heavy (non-hydrogen) atoms. The van der Waals surface area contributed by atoms with Gasteiger partial charge in [0.2, 0.25) is 12.0 Å². The van der Waals surface area contributed by atoms with Crippen molar-refractivity contribution < 1.29 is 19.1 Å². The minimum atomic E-state index is -0.716. The van der Waals surface area contributed by atoms with Crippen LogP contribution in [0.25, 0.3) is 0 Å². The standard InChI is InChI=1S/C19H18N2O4/c1-12(22)21-9-8-13-6-7-14(10-15(13)21)20-19(23)18-11-24-16-4-2-3-5-17(16)25-18/h2-7,10,18H,8-9,11H2,1H3,(H,20,23). The van der Waals surface area contributed by atoms with Crippen molar-refractivity contribution in [2.45, 2.75) is 19.4 Å². The summed E-state index contributed by atoms with van der Waals surface area (Å²) in [6.45, 7) is 2.39. The molecule has 0 aliphatic carbocycles. The molecule has 2 aliphatic rings. The molecule has 0 spiro atoms. The first-order chi connectivity index (χ1) is 12.1. The van der Waals surface area contributed by atoms with Crippen LogP contribution in [0.2, 0.25) is 0 Å². The number of hydrogen-bond acceptors (Lipinski definition) is 4. The summed E-state index contributed by atoms with van der Waals surface area (Å²) in [5.74, 6) is 0.927. The number of hydrogen-bond donors (Lipinski definition) is 1. The van der Waals surface area contributed by atoms with Crippen LogP contribution in [0.15, 0.2) is 42.5 Å². The molecule has 1 unspecified atom stereocenters. The molecule has 2 aromatic carbocycles. The number of nitrogens with one attached hydrogen (secondary N) is 1. The molecule has 6 nitrogen and oxygen atoms in total. The third-order valence-electron chi connectivity index (χ3n) is 4.43. The molecule has 1 atom stereocenters. The summed E-state index contributed by atoms with van der Waals surface area (Å²) in [7, 11) is 0. The van der Waals surface area contributed by atoms with Crippen LogP contribution in [0.4, 0.5) is 11.4 Å². The van der Waals surface area contributed by atoms with Crippen LogP contribution < -0.4 is 19.7 Å². The van der Waals surface area contributed by atoms with Crippen LogP contribution in [0.1, 0.15) is 12.5 Å². The predicted octanol–water partition coefficient (Wildman–Crippen LogP) is 2.37. The molecule has 0 aromatic heterocycles. The summed E-state index contributed by atoms with van der Waals surface area (Å²) in [5, 5.41) is 2.85. The van der Waals surface area contributed by atoms with Crippen LogP contribution in [-0.4, -0.2) is 31.1 Å². The number of anilines is 2. The SMILES string of the molecule is CC(=O)N1CCc2ccc(NC(=O)C3COc4ccccc4O3)cc21. The monoisotopic (exact) mass is 338 g/mol. The normalized spacial score (nSPS) is 17.8. The molecule has 1 N–H and O–H groups in total. The summed E-state index contributed by atoms with van der Waals surface area (Å²) >= 11 is 0. The number of rotatable bonds is 2. The zero-order chi connectivity index (χ0) is 17.4. The number of para-hydroxylation sites is 2. The van der Waals surface area contributed by atoms with E-state index in [4.69, 9.17) is 9.47 Å². The van der Waals surface area contributed by atoms with Gasteiger partial charge in [0.05, 0.1) is 0 Å². The number of carbonyl (C=O) groups is 2. The van der Waals surface area contributed by atoms with Gasteiger partial charge in [0.15, 0.2) is 11.5 Å². The average molecular weight is 338 g/mol. The van der Waals surface area contributed by atoms with Gasteiger partial charge in [-0.15, -0.1) is 0 Å². The van der Waals surface area contributed by atoms with Gasteiger partial charge in [0, 0.05) is 24.8 Å². The Bertz CT molecular complexity index is 849. The molecule has 128 valence electrons. The van der Waals surface area contributed by atoms with Gasteiger partial charge in [0.1, 0.15) is 6.61 Å². The Balaban J connectivity index is 1.49. The van der Waals surface area contributed by atoms with E-state index < -0.39 is 6.10 Å². The van der Waals surface area contributed by atoms with Crippen molar-refractivity contribution in [3.05, 3.63) is 48.0 Å². The average Bonchev–Trinajstić information content (AvgIpc) is 3.04. The number of fused-ring (bicyclic) bond motifs is 2. The maximum Gasteiger partial charge on any atom is 0.269 e. The lowest BCUT2D eigenvalue weighted by molar-refractivity contribution is -0.125. The fourth-order valence-corrected chi connectivity index (χ4v) is 3.16. The highest BCUT2D eigenvalue weighted by molar-refractivity contribution is 5.98. The lowest BCUT2D eigenvalue weighted by Gasteiger charge is -2.25. The molecule has 2 aliphatic heterocycles. The summed E-state index contributed by atoms with van der Waals surface area (Å²) in [6.07, 6.45) is 0.117. The maximum absolute atomic E-state index is 12.5. The first-order valence-electron chi connectivity index (χ1n) is 8.22. The number of nitrogens with zero attached hydrogens (tertiary/aromatic N) is 1. The molecular formula is C19H18N2O4. The van der Waals surface area contributed by atoms with Gasteiger partial charge in [-0.25, -0.2) is 0 Å². The van der Waals surface area contributed by atoms with E-state index >= 15 is 0 Å². The van der Waals surface area contributed by atoms with Crippen molar-refractivity contribution in [3.8, 4) is 11.5 Å². The van der Waals surface area contributed by atoms with E-state index in [-0.39, 0.29) is 18.4 Å². The van der Waals surface area contributed by atoms with Gasteiger partial charge in [-0.05, 0) is 36.2 Å². The molecule has 0 fully saturated rings. The summed E-state index contributed by atoms with van der Waals surface area (Å²) in [6, 6.07) is 12.9. The van der Waals surface area contributed by atoms with Gasteiger partial charge in [-0.3, -0.25) is 9.59 Å². The number of carbonyl (C=O) groups excluding carboxylic acids is 2.